The molecule has 0 aromatic heterocycles. The van der Waals surface area contributed by atoms with E-state index in [0.29, 0.717) is 11.8 Å². The van der Waals surface area contributed by atoms with E-state index < -0.39 is 0 Å². The van der Waals surface area contributed by atoms with Crippen molar-refractivity contribution in [3.05, 3.63) is 359 Å². The molecule has 0 heterocycles. The zero-order valence-electron chi connectivity index (χ0n) is 96.7. The number of aryl methyl sites for hydroxylation is 14. The predicted molar refractivity (Wildman–Crippen MR) is 603 cm³/mol. The molecule has 0 aliphatic heterocycles. The average Bonchev–Trinajstić information content (AvgIpc) is 1.54. The largest absolute Gasteiger partial charge is 0.223 e. The van der Waals surface area contributed by atoms with Gasteiger partial charge in [-0.25, -0.2) is 27.8 Å². The van der Waals surface area contributed by atoms with Crippen LogP contribution in [0.25, 0.3) is 99.1 Å². The van der Waals surface area contributed by atoms with Crippen LogP contribution in [0.1, 0.15) is 334 Å². The van der Waals surface area contributed by atoms with E-state index in [-0.39, 0.29) is 98.1 Å². The van der Waals surface area contributed by atoms with Crippen molar-refractivity contribution >= 4 is 32.3 Å². The van der Waals surface area contributed by atoms with Gasteiger partial charge in [0.2, 0.25) is 0 Å². The van der Waals surface area contributed by atoms with Gasteiger partial charge in [-0.05, 0) is 435 Å². The van der Waals surface area contributed by atoms with Crippen LogP contribution in [-0.2, 0) is 124 Å². The third-order valence-corrected chi connectivity index (χ3v) is 39.2. The summed E-state index contributed by atoms with van der Waals surface area (Å²) in [6, 6.07) is 22.3. The molecule has 19 rings (SSSR count). The SMILES string of the molecule is CC1=C(C)C2Cc3c(C)c4c(c(C)c3C2C(C)=C1C)-c1c(C)c(C)c(C)c(C)c1C4.Cc1[c-]c(-c2[c-]c(C)c(C)c3c(C)c(C)c(C)c(C)c23)c(C)c(C)c1C.Cc1[c-]c(-c2[c-]c(C)c3c(C)c(C)c(C)c(C)c3c2C)c(C)c(C)c1C.Cc1[c-]c(-c2[c-]c3c(C)c(C)c(C)c(C)c3c(C)c2C)c(C)c(C)c1C.Cc1c(C)c(C)c2c(c1C)Cc1c(C)c3c(c(C)c1-2)Cc1c(C)c(C)c(C)c(C)c1-3.[Y].[Y].[Y]. The van der Waals surface area contributed by atoms with Crippen LogP contribution in [0.4, 0.5) is 0 Å². The molecule has 5 aliphatic rings. The Hall–Kier alpha value is -7.35. The number of fused-ring (bicyclic) bond motifs is 15. The van der Waals surface area contributed by atoms with E-state index in [9.17, 15) is 0 Å². The fraction of sp³-hybridized carbons (Fsp3) is 0.406. The molecule has 3 heteroatoms. The average molecular weight is 2090 g/mol. The number of benzene rings is 14. The molecule has 2 atom stereocenters. The van der Waals surface area contributed by atoms with Gasteiger partial charge in [0.15, 0.2) is 0 Å². The van der Waals surface area contributed by atoms with Gasteiger partial charge in [-0.3, -0.25) is 0 Å². The first-order valence-corrected chi connectivity index (χ1v) is 51.6. The minimum Gasteiger partial charge on any atom is -0.223 e. The van der Waals surface area contributed by atoms with Crippen LogP contribution in [0.15, 0.2) is 22.3 Å². The van der Waals surface area contributed by atoms with Gasteiger partial charge in [-0.1, -0.05) is 204 Å². The van der Waals surface area contributed by atoms with Gasteiger partial charge in [0.25, 0.3) is 0 Å². The van der Waals surface area contributed by atoms with Gasteiger partial charge in [-0.15, -0.1) is 99.4 Å². The van der Waals surface area contributed by atoms with E-state index in [4.69, 9.17) is 0 Å². The van der Waals surface area contributed by atoms with Gasteiger partial charge >= 0.3 is 0 Å². The number of allylic oxidation sites excluding steroid dienone is 4. The molecule has 0 nitrogen and oxygen atoms in total. The molecular weight excluding hydrogens is 1920 g/mol. The van der Waals surface area contributed by atoms with Crippen LogP contribution < -0.4 is 0 Å². The van der Waals surface area contributed by atoms with Gasteiger partial charge in [-0.2, -0.15) is 69.8 Å². The summed E-state index contributed by atoms with van der Waals surface area (Å²) in [5.74, 6) is 1.23. The molecular formula is C138H160Y3-6. The van der Waals surface area contributed by atoms with E-state index in [1.165, 1.54) is 328 Å². The maximum absolute atomic E-state index is 3.81. The second kappa shape index (κ2) is 41.1. The van der Waals surface area contributed by atoms with E-state index in [0.717, 1.165) is 19.3 Å². The van der Waals surface area contributed by atoms with Crippen molar-refractivity contribution in [1.29, 1.82) is 0 Å². The van der Waals surface area contributed by atoms with Crippen LogP contribution in [-0.4, -0.2) is 0 Å². The Labute approximate surface area is 930 Å². The Balaban J connectivity index is 0.000000157. The molecule has 0 saturated heterocycles. The predicted octanol–water partition coefficient (Wildman–Crippen LogP) is 37.5. The first kappa shape index (κ1) is 112. The maximum Gasteiger partial charge on any atom is 0.0126 e. The molecule has 0 saturated carbocycles. The van der Waals surface area contributed by atoms with Crippen LogP contribution in [0.3, 0.4) is 0 Å². The molecule has 141 heavy (non-hydrogen) atoms. The molecule has 3 radical (unpaired) electrons. The van der Waals surface area contributed by atoms with Crippen molar-refractivity contribution in [2.24, 2.45) is 5.92 Å². The van der Waals surface area contributed by atoms with Crippen molar-refractivity contribution in [2.75, 3.05) is 0 Å². The summed E-state index contributed by atoms with van der Waals surface area (Å²) in [7, 11) is 0. The van der Waals surface area contributed by atoms with Crippen LogP contribution >= 0.6 is 0 Å². The van der Waals surface area contributed by atoms with Gasteiger partial charge < -0.3 is 0 Å². The molecule has 0 bridgehead atoms. The van der Waals surface area contributed by atoms with Crippen molar-refractivity contribution in [3.63, 3.8) is 0 Å². The fourth-order valence-electron chi connectivity index (χ4n) is 26.3. The summed E-state index contributed by atoms with van der Waals surface area (Å²) in [4.78, 5) is 0. The fourth-order valence-corrected chi connectivity index (χ4v) is 26.3. The van der Waals surface area contributed by atoms with E-state index >= 15 is 0 Å². The molecule has 14 aromatic rings. The first-order chi connectivity index (χ1) is 64.4. The van der Waals surface area contributed by atoms with E-state index in [2.05, 4.69) is 383 Å². The molecule has 2 unspecified atom stereocenters. The maximum atomic E-state index is 3.81. The topological polar surface area (TPSA) is 0 Å². The standard InChI is InChI=1S/C30H34.C30H36.3C26H30.3Y/c1-13-15(3)19(7)27-23(17(13)5)11-25-21(9)30-26(22(10)29(25)27)12-24-18(6)14(2)16(4)20(8)28(24)30;1-13-15(3)19(7)27-23(17(13)5)11-25-21(9)26-12-24-18(6)14(2)16(4)20(8)28(24)30(26)22(10)29(25)27;1-13-11-23(18(6)15(3)14(13)2)24-12-25-19(7)16(4)17(5)21(9)26(25)22(10)20(24)8;1-13-11-23(19(7)16(4)15(13)3)24-12-14(2)25-20(8)17(5)18(6)21(9)26(25)22(24)10;1-13-11-23(20(8)17(5)15(13)3)24-12-14(2)16(4)25-21(9)18(6)19(7)22(10)26(24)25;;;/h11-12H2,1-10H3;23,27H,11-12H2,1-10H3;3*1-10H3;;;/q;;3*-2;;;. The summed E-state index contributed by atoms with van der Waals surface area (Å²) >= 11 is 0. The quantitative estimate of drug-likeness (QED) is 0.155. The van der Waals surface area contributed by atoms with Gasteiger partial charge in [0.05, 0.1) is 0 Å². The van der Waals surface area contributed by atoms with Crippen molar-refractivity contribution in [2.45, 2.75) is 378 Å². The Morgan fingerprint density at radius 1 is 0.156 bits per heavy atom. The Bertz CT molecular complexity index is 7700. The minimum absolute atomic E-state index is 0. The van der Waals surface area contributed by atoms with Crippen molar-refractivity contribution in [1.82, 2.24) is 0 Å². The molecule has 0 spiro atoms. The smallest absolute Gasteiger partial charge is 0.0126 e. The molecule has 0 fully saturated rings. The monoisotopic (exact) mass is 2080 g/mol. The first-order valence-electron chi connectivity index (χ1n) is 51.6. The zero-order valence-corrected chi connectivity index (χ0v) is 105. The van der Waals surface area contributed by atoms with Crippen molar-refractivity contribution in [3.8, 4) is 66.8 Å². The summed E-state index contributed by atoms with van der Waals surface area (Å²) < 4.78 is 0. The number of rotatable bonds is 3. The molecule has 0 amide bonds. The molecule has 0 N–H and O–H groups in total. The zero-order chi connectivity index (χ0) is 102. The van der Waals surface area contributed by atoms with E-state index in [1.54, 1.807) is 100 Å². The summed E-state index contributed by atoms with van der Waals surface area (Å²) in [5.41, 5.74) is 100. The second-order valence-electron chi connectivity index (χ2n) is 44.4. The Morgan fingerprint density at radius 2 is 0.397 bits per heavy atom. The summed E-state index contributed by atoms with van der Waals surface area (Å²) in [6.07, 6.45) is 4.53. The minimum atomic E-state index is 0. The summed E-state index contributed by atoms with van der Waals surface area (Å²) in [5, 5.41) is 8.19. The number of hydrogen-bond donors (Lipinski definition) is 0. The Kier molecular flexibility index (Phi) is 32.7. The van der Waals surface area contributed by atoms with Crippen LogP contribution in [0.2, 0.25) is 0 Å². The summed E-state index contributed by atoms with van der Waals surface area (Å²) in [6.45, 7) is 114. The normalized spacial score (nSPS) is 13.8. The van der Waals surface area contributed by atoms with E-state index in [1.807, 2.05) is 0 Å². The second-order valence-corrected chi connectivity index (χ2v) is 44.4. The van der Waals surface area contributed by atoms with Crippen LogP contribution in [0.5, 0.6) is 0 Å². The third kappa shape index (κ3) is 17.4. The molecule has 727 valence electrons. The molecule has 5 aliphatic carbocycles. The molecule has 14 aromatic carbocycles. The van der Waals surface area contributed by atoms with Gasteiger partial charge in [0.1, 0.15) is 0 Å². The van der Waals surface area contributed by atoms with Gasteiger partial charge in [0, 0.05) is 104 Å². The van der Waals surface area contributed by atoms with Crippen molar-refractivity contribution < 1.29 is 98.1 Å². The third-order valence-electron chi connectivity index (χ3n) is 39.2. The van der Waals surface area contributed by atoms with Crippen LogP contribution in [0, 0.1) is 361 Å². The number of hydrogen-bond acceptors (Lipinski definition) is 0. The Morgan fingerprint density at radius 3 is 0.787 bits per heavy atom.